The number of ether oxygens (including phenoxy) is 1. The second-order valence-corrected chi connectivity index (χ2v) is 5.68. The monoisotopic (exact) mass is 322 g/mol. The van der Waals surface area contributed by atoms with Crippen LogP contribution in [0.4, 0.5) is 0 Å². The fourth-order valence-corrected chi connectivity index (χ4v) is 2.94. The van der Waals surface area contributed by atoms with Crippen molar-refractivity contribution in [3.8, 4) is 0 Å². The van der Waals surface area contributed by atoms with Crippen LogP contribution in [0.15, 0.2) is 48.5 Å². The highest BCUT2D eigenvalue weighted by Gasteiger charge is 2.17. The van der Waals surface area contributed by atoms with E-state index in [1.54, 1.807) is 0 Å². The van der Waals surface area contributed by atoms with Crippen molar-refractivity contribution >= 4 is 27.8 Å². The third-order valence-electron chi connectivity index (χ3n) is 4.33. The lowest BCUT2D eigenvalue weighted by molar-refractivity contribution is 0.0471. The van der Waals surface area contributed by atoms with Crippen molar-refractivity contribution in [3.63, 3.8) is 0 Å². The van der Waals surface area contributed by atoms with Crippen molar-refractivity contribution in [2.75, 3.05) is 26.2 Å². The largest absolute Gasteiger partial charge is 0.461 e. The number of para-hydroxylation sites is 2. The molecule has 0 saturated heterocycles. The number of carbonyl (C=O) groups is 1. The van der Waals surface area contributed by atoms with Crippen LogP contribution < -0.4 is 0 Å². The summed E-state index contributed by atoms with van der Waals surface area (Å²) in [5.41, 5.74) is 2.23. The van der Waals surface area contributed by atoms with Crippen LogP contribution in [0.2, 0.25) is 0 Å². The van der Waals surface area contributed by atoms with Gasteiger partial charge in [-0.3, -0.25) is 0 Å². The van der Waals surface area contributed by atoms with Gasteiger partial charge in [0.05, 0.1) is 16.6 Å². The predicted molar refractivity (Wildman–Crippen MR) is 97.3 cm³/mol. The van der Waals surface area contributed by atoms with E-state index in [9.17, 15) is 4.79 Å². The lowest BCUT2D eigenvalue weighted by Gasteiger charge is -2.18. The summed E-state index contributed by atoms with van der Waals surface area (Å²) >= 11 is 0. The standard InChI is InChI=1S/C20H22N2O2/c1-3-22(4-2)13-14-24-20(23)19-15-9-5-7-11-17(15)21-18-12-8-6-10-16(18)19/h5-12H,3-4,13-14H2,1-2H3. The van der Waals surface area contributed by atoms with Crippen LogP contribution in [-0.4, -0.2) is 42.1 Å². The van der Waals surface area contributed by atoms with E-state index in [2.05, 4.69) is 23.7 Å². The van der Waals surface area contributed by atoms with Gasteiger partial charge in [-0.25, -0.2) is 9.78 Å². The van der Waals surface area contributed by atoms with Crippen LogP contribution in [0.5, 0.6) is 0 Å². The van der Waals surface area contributed by atoms with Gasteiger partial charge in [0.15, 0.2) is 0 Å². The molecule has 0 amide bonds. The molecule has 0 bridgehead atoms. The number of pyridine rings is 1. The van der Waals surface area contributed by atoms with E-state index >= 15 is 0 Å². The highest BCUT2D eigenvalue weighted by atomic mass is 16.5. The molecule has 4 heteroatoms. The normalized spacial score (nSPS) is 11.3. The average Bonchev–Trinajstić information content (AvgIpc) is 2.63. The SMILES string of the molecule is CCN(CC)CCOC(=O)c1c2ccccc2nc2ccccc12. The molecule has 0 aliphatic heterocycles. The molecule has 1 aromatic heterocycles. The van der Waals surface area contributed by atoms with Crippen molar-refractivity contribution in [1.82, 2.24) is 9.88 Å². The Hall–Kier alpha value is -2.46. The van der Waals surface area contributed by atoms with E-state index < -0.39 is 0 Å². The van der Waals surface area contributed by atoms with Crippen molar-refractivity contribution in [3.05, 3.63) is 54.1 Å². The molecule has 3 aromatic rings. The fourth-order valence-electron chi connectivity index (χ4n) is 2.94. The van der Waals surface area contributed by atoms with Gasteiger partial charge in [-0.15, -0.1) is 0 Å². The fraction of sp³-hybridized carbons (Fsp3) is 0.300. The summed E-state index contributed by atoms with van der Waals surface area (Å²) in [6.07, 6.45) is 0. The van der Waals surface area contributed by atoms with Gasteiger partial charge in [0.25, 0.3) is 0 Å². The third kappa shape index (κ3) is 3.24. The van der Waals surface area contributed by atoms with Crippen molar-refractivity contribution in [2.45, 2.75) is 13.8 Å². The number of carbonyl (C=O) groups excluding carboxylic acids is 1. The Morgan fingerprint density at radius 1 is 0.958 bits per heavy atom. The van der Waals surface area contributed by atoms with Crippen molar-refractivity contribution < 1.29 is 9.53 Å². The number of rotatable bonds is 6. The maximum absolute atomic E-state index is 12.8. The Morgan fingerprint density at radius 2 is 1.50 bits per heavy atom. The van der Waals surface area contributed by atoms with E-state index in [4.69, 9.17) is 4.74 Å². The number of hydrogen-bond acceptors (Lipinski definition) is 4. The minimum absolute atomic E-state index is 0.281. The Labute approximate surface area is 142 Å². The lowest BCUT2D eigenvalue weighted by atomic mass is 10.0. The van der Waals surface area contributed by atoms with Gasteiger partial charge in [-0.1, -0.05) is 50.2 Å². The number of benzene rings is 2. The number of hydrogen-bond donors (Lipinski definition) is 0. The molecule has 4 nitrogen and oxygen atoms in total. The number of fused-ring (bicyclic) bond motifs is 2. The van der Waals surface area contributed by atoms with E-state index in [1.807, 2.05) is 48.5 Å². The molecule has 0 radical (unpaired) electrons. The van der Waals surface area contributed by atoms with Crippen LogP contribution in [0.25, 0.3) is 21.8 Å². The third-order valence-corrected chi connectivity index (χ3v) is 4.33. The molecule has 0 unspecified atom stereocenters. The molecule has 0 saturated carbocycles. The zero-order valence-corrected chi connectivity index (χ0v) is 14.2. The molecule has 0 N–H and O–H groups in total. The molecular formula is C20H22N2O2. The van der Waals surface area contributed by atoms with Gasteiger partial charge in [-0.05, 0) is 25.2 Å². The molecule has 2 aromatic carbocycles. The molecule has 0 spiro atoms. The molecule has 0 aliphatic carbocycles. The highest BCUT2D eigenvalue weighted by Crippen LogP contribution is 2.26. The first-order valence-corrected chi connectivity index (χ1v) is 8.41. The second kappa shape index (κ2) is 7.41. The summed E-state index contributed by atoms with van der Waals surface area (Å²) < 4.78 is 5.57. The molecule has 1 heterocycles. The predicted octanol–water partition coefficient (Wildman–Crippen LogP) is 3.89. The topological polar surface area (TPSA) is 42.4 Å². The van der Waals surface area contributed by atoms with Gasteiger partial charge in [-0.2, -0.15) is 0 Å². The number of nitrogens with zero attached hydrogens (tertiary/aromatic N) is 2. The first-order chi connectivity index (χ1) is 11.7. The van der Waals surface area contributed by atoms with E-state index in [-0.39, 0.29) is 5.97 Å². The smallest absolute Gasteiger partial charge is 0.339 e. The van der Waals surface area contributed by atoms with E-state index in [0.29, 0.717) is 12.2 Å². The molecular weight excluding hydrogens is 300 g/mol. The Balaban J connectivity index is 1.95. The number of aromatic nitrogens is 1. The van der Waals surface area contributed by atoms with Gasteiger partial charge in [0.2, 0.25) is 0 Å². The molecule has 0 atom stereocenters. The van der Waals surface area contributed by atoms with Gasteiger partial charge < -0.3 is 9.64 Å². The minimum atomic E-state index is -0.281. The highest BCUT2D eigenvalue weighted by molar-refractivity contribution is 6.14. The summed E-state index contributed by atoms with van der Waals surface area (Å²) in [6.45, 7) is 7.26. The summed E-state index contributed by atoms with van der Waals surface area (Å²) in [5, 5.41) is 1.67. The lowest BCUT2D eigenvalue weighted by Crippen LogP contribution is -2.28. The zero-order chi connectivity index (χ0) is 16.9. The maximum atomic E-state index is 12.8. The second-order valence-electron chi connectivity index (χ2n) is 5.68. The molecule has 24 heavy (non-hydrogen) atoms. The Morgan fingerprint density at radius 3 is 2.04 bits per heavy atom. The molecule has 124 valence electrons. The number of likely N-dealkylation sites (N-methyl/N-ethyl adjacent to an activating group) is 1. The van der Waals surface area contributed by atoms with Gasteiger partial charge in [0, 0.05) is 17.3 Å². The average molecular weight is 322 g/mol. The first-order valence-electron chi connectivity index (χ1n) is 8.41. The zero-order valence-electron chi connectivity index (χ0n) is 14.2. The van der Waals surface area contributed by atoms with Crippen molar-refractivity contribution in [2.24, 2.45) is 0 Å². The quantitative estimate of drug-likeness (QED) is 0.510. The van der Waals surface area contributed by atoms with E-state index in [0.717, 1.165) is 41.4 Å². The maximum Gasteiger partial charge on any atom is 0.339 e. The molecule has 3 rings (SSSR count). The summed E-state index contributed by atoms with van der Waals surface area (Å²) in [4.78, 5) is 19.6. The van der Waals surface area contributed by atoms with Crippen molar-refractivity contribution in [1.29, 1.82) is 0 Å². The van der Waals surface area contributed by atoms with Crippen LogP contribution in [0.1, 0.15) is 24.2 Å². The van der Waals surface area contributed by atoms with Gasteiger partial charge in [0.1, 0.15) is 6.61 Å². The summed E-state index contributed by atoms with van der Waals surface area (Å²) in [7, 11) is 0. The molecule has 0 aliphatic rings. The minimum Gasteiger partial charge on any atom is -0.461 e. The summed E-state index contributed by atoms with van der Waals surface area (Å²) in [6, 6.07) is 15.4. The van der Waals surface area contributed by atoms with E-state index in [1.165, 1.54) is 0 Å². The van der Waals surface area contributed by atoms with Gasteiger partial charge >= 0.3 is 5.97 Å². The van der Waals surface area contributed by atoms with Crippen LogP contribution in [0, 0.1) is 0 Å². The molecule has 0 fully saturated rings. The van der Waals surface area contributed by atoms with Crippen LogP contribution in [-0.2, 0) is 4.74 Å². The number of esters is 1. The Bertz CT molecular complexity index is 803. The Kier molecular flexibility index (Phi) is 5.06. The van der Waals surface area contributed by atoms with Crippen LogP contribution in [0.3, 0.4) is 0 Å². The first kappa shape index (κ1) is 16.4. The van der Waals surface area contributed by atoms with Crippen LogP contribution >= 0.6 is 0 Å². The summed E-state index contributed by atoms with van der Waals surface area (Å²) in [5.74, 6) is -0.281.